The predicted octanol–water partition coefficient (Wildman–Crippen LogP) is 6.00. The van der Waals surface area contributed by atoms with Gasteiger partial charge in [0.25, 0.3) is 0 Å². The summed E-state index contributed by atoms with van der Waals surface area (Å²) in [5, 5.41) is 3.73. The summed E-state index contributed by atoms with van der Waals surface area (Å²) in [5.41, 5.74) is 0.664. The average Bonchev–Trinajstić information content (AvgIpc) is 3.53. The van der Waals surface area contributed by atoms with Crippen molar-refractivity contribution in [2.24, 2.45) is 5.92 Å². The van der Waals surface area contributed by atoms with Crippen molar-refractivity contribution in [3.63, 3.8) is 0 Å². The lowest BCUT2D eigenvalue weighted by atomic mass is 10.1. The lowest BCUT2D eigenvalue weighted by molar-refractivity contribution is -0.137. The summed E-state index contributed by atoms with van der Waals surface area (Å²) in [7, 11) is 0. The van der Waals surface area contributed by atoms with Crippen molar-refractivity contribution in [1.29, 1.82) is 0 Å². The van der Waals surface area contributed by atoms with Crippen molar-refractivity contribution >= 4 is 29.5 Å². The third kappa shape index (κ3) is 6.27. The van der Waals surface area contributed by atoms with Crippen molar-refractivity contribution in [1.82, 2.24) is 28.7 Å². The molecule has 204 valence electrons. The van der Waals surface area contributed by atoms with Crippen LogP contribution >= 0.6 is 23.5 Å². The summed E-state index contributed by atoms with van der Waals surface area (Å²) in [6.07, 6.45) is 4.17. The molecular weight excluding hydrogens is 535 g/mol. The molecule has 0 spiro atoms. The van der Waals surface area contributed by atoms with E-state index in [1.165, 1.54) is 18.9 Å². The molecule has 0 saturated carbocycles. The SMILES string of the molecule is CSN1CCC(Nc2ncc(C(F)(F)F)c(-c3cn(-c4ccc(CN5CCC(C)C5)cc4Cl)cn3)n2)CC1. The number of hydrogen-bond donors (Lipinski definition) is 1. The van der Waals surface area contributed by atoms with Crippen LogP contribution in [0.5, 0.6) is 0 Å². The molecule has 2 saturated heterocycles. The van der Waals surface area contributed by atoms with Crippen LogP contribution in [0.15, 0.2) is 36.9 Å². The minimum atomic E-state index is -4.62. The highest BCUT2D eigenvalue weighted by Gasteiger charge is 2.36. The maximum absolute atomic E-state index is 13.9. The number of imidazole rings is 1. The molecule has 7 nitrogen and oxygen atoms in total. The highest BCUT2D eigenvalue weighted by molar-refractivity contribution is 7.96. The van der Waals surface area contributed by atoms with Gasteiger partial charge in [-0.05, 0) is 55.7 Å². The molecular formula is C26H31ClF3N7S. The van der Waals surface area contributed by atoms with Crippen LogP contribution in [-0.4, -0.2) is 67.2 Å². The molecule has 12 heteroatoms. The number of likely N-dealkylation sites (tertiary alicyclic amines) is 1. The normalized spacial score (nSPS) is 19.8. The van der Waals surface area contributed by atoms with Gasteiger partial charge in [0.2, 0.25) is 5.95 Å². The van der Waals surface area contributed by atoms with E-state index in [1.54, 1.807) is 16.5 Å². The fourth-order valence-corrected chi connectivity index (χ4v) is 5.96. The molecule has 2 aromatic heterocycles. The molecule has 4 heterocycles. The Balaban J connectivity index is 1.37. The Morgan fingerprint density at radius 3 is 2.58 bits per heavy atom. The van der Waals surface area contributed by atoms with E-state index < -0.39 is 11.7 Å². The van der Waals surface area contributed by atoms with Crippen LogP contribution in [-0.2, 0) is 12.7 Å². The molecule has 1 N–H and O–H groups in total. The Hall–Kier alpha value is -2.34. The topological polar surface area (TPSA) is 62.1 Å². The monoisotopic (exact) mass is 565 g/mol. The lowest BCUT2D eigenvalue weighted by Gasteiger charge is -2.30. The number of rotatable bonds is 7. The number of nitrogens with one attached hydrogen (secondary N) is 1. The van der Waals surface area contributed by atoms with Crippen molar-refractivity contribution in [2.75, 3.05) is 37.8 Å². The van der Waals surface area contributed by atoms with Crippen LogP contribution < -0.4 is 5.32 Å². The largest absolute Gasteiger partial charge is 0.420 e. The Morgan fingerprint density at radius 1 is 1.13 bits per heavy atom. The number of hydrogen-bond acceptors (Lipinski definition) is 7. The fraction of sp³-hybridized carbons (Fsp3) is 0.500. The first kappa shape index (κ1) is 27.2. The van der Waals surface area contributed by atoms with Crippen LogP contribution in [0, 0.1) is 5.92 Å². The zero-order chi connectivity index (χ0) is 26.9. The van der Waals surface area contributed by atoms with Gasteiger partial charge in [-0.3, -0.25) is 9.21 Å². The number of benzene rings is 1. The summed E-state index contributed by atoms with van der Waals surface area (Å²) < 4.78 is 45.5. The minimum Gasteiger partial charge on any atom is -0.351 e. The second-order valence-electron chi connectivity index (χ2n) is 10.1. The van der Waals surface area contributed by atoms with Gasteiger partial charge in [0.15, 0.2) is 0 Å². The maximum Gasteiger partial charge on any atom is 0.420 e. The van der Waals surface area contributed by atoms with Gasteiger partial charge in [0.1, 0.15) is 23.3 Å². The van der Waals surface area contributed by atoms with E-state index in [1.807, 2.05) is 24.5 Å². The zero-order valence-electron chi connectivity index (χ0n) is 21.4. The summed E-state index contributed by atoms with van der Waals surface area (Å²) in [4.78, 5) is 14.9. The van der Waals surface area contributed by atoms with Crippen LogP contribution in [0.2, 0.25) is 5.02 Å². The van der Waals surface area contributed by atoms with Gasteiger partial charge >= 0.3 is 6.18 Å². The first-order chi connectivity index (χ1) is 18.2. The molecule has 0 bridgehead atoms. The maximum atomic E-state index is 13.9. The highest BCUT2D eigenvalue weighted by Crippen LogP contribution is 2.36. The summed E-state index contributed by atoms with van der Waals surface area (Å²) in [5.74, 6) is 0.866. The number of anilines is 1. The standard InChI is InChI=1S/C26H31ClF3N7S/c1-17-5-8-35(13-17)14-18-3-4-23(21(27)11-18)36-15-22(32-16-36)24-20(26(28,29)30)12-31-25(34-24)33-19-6-9-37(38-2)10-7-19/h3-4,11-12,15-17,19H,5-10,13-14H2,1-2H3,(H,31,33,34). The molecule has 0 aliphatic carbocycles. The Kier molecular flexibility index (Phi) is 8.18. The van der Waals surface area contributed by atoms with E-state index in [2.05, 4.69) is 36.4 Å². The van der Waals surface area contributed by atoms with Gasteiger partial charge in [0, 0.05) is 44.6 Å². The summed E-state index contributed by atoms with van der Waals surface area (Å²) >= 11 is 8.30. The quantitative estimate of drug-likeness (QED) is 0.353. The number of aromatic nitrogens is 4. The third-order valence-electron chi connectivity index (χ3n) is 7.17. The van der Waals surface area contributed by atoms with Crippen LogP contribution in [0.4, 0.5) is 19.1 Å². The van der Waals surface area contributed by atoms with Crippen LogP contribution in [0.3, 0.4) is 0 Å². The molecule has 2 fully saturated rings. The molecule has 1 unspecified atom stereocenters. The smallest absolute Gasteiger partial charge is 0.351 e. The molecule has 3 aromatic rings. The van der Waals surface area contributed by atoms with E-state index in [0.717, 1.165) is 57.3 Å². The van der Waals surface area contributed by atoms with Crippen molar-refractivity contribution in [2.45, 2.75) is 44.9 Å². The van der Waals surface area contributed by atoms with E-state index in [9.17, 15) is 13.2 Å². The van der Waals surface area contributed by atoms with Crippen LogP contribution in [0.25, 0.3) is 17.1 Å². The molecule has 38 heavy (non-hydrogen) atoms. The van der Waals surface area contributed by atoms with Crippen LogP contribution in [0.1, 0.15) is 37.3 Å². The van der Waals surface area contributed by atoms with Gasteiger partial charge in [-0.15, -0.1) is 0 Å². The first-order valence-corrected chi connectivity index (χ1v) is 14.3. The molecule has 0 amide bonds. The van der Waals surface area contributed by atoms with Gasteiger partial charge in [-0.1, -0.05) is 36.5 Å². The van der Waals surface area contributed by atoms with E-state index in [-0.39, 0.29) is 23.4 Å². The minimum absolute atomic E-state index is 0.0987. The Bertz CT molecular complexity index is 1260. The number of halogens is 4. The number of nitrogens with zero attached hydrogens (tertiary/aromatic N) is 6. The fourth-order valence-electron chi connectivity index (χ4n) is 5.08. The summed E-state index contributed by atoms with van der Waals surface area (Å²) in [6.45, 7) is 7.00. The second-order valence-corrected chi connectivity index (χ2v) is 11.4. The van der Waals surface area contributed by atoms with E-state index in [0.29, 0.717) is 16.6 Å². The Morgan fingerprint density at radius 2 is 1.92 bits per heavy atom. The van der Waals surface area contributed by atoms with Gasteiger partial charge in [-0.25, -0.2) is 15.0 Å². The predicted molar refractivity (Wildman–Crippen MR) is 145 cm³/mol. The molecule has 5 rings (SSSR count). The number of piperidine rings is 1. The third-order valence-corrected chi connectivity index (χ3v) is 8.35. The second kappa shape index (κ2) is 11.4. The van der Waals surface area contributed by atoms with Crippen molar-refractivity contribution in [3.8, 4) is 17.1 Å². The zero-order valence-corrected chi connectivity index (χ0v) is 23.0. The lowest BCUT2D eigenvalue weighted by Crippen LogP contribution is -2.35. The first-order valence-electron chi connectivity index (χ1n) is 12.7. The van der Waals surface area contributed by atoms with Crippen molar-refractivity contribution in [3.05, 3.63) is 53.1 Å². The molecule has 2 aliphatic rings. The van der Waals surface area contributed by atoms with Gasteiger partial charge in [-0.2, -0.15) is 13.2 Å². The van der Waals surface area contributed by atoms with E-state index >= 15 is 0 Å². The average molecular weight is 566 g/mol. The molecule has 1 atom stereocenters. The molecule has 2 aliphatic heterocycles. The molecule has 0 radical (unpaired) electrons. The van der Waals surface area contributed by atoms with E-state index in [4.69, 9.17) is 11.6 Å². The van der Waals surface area contributed by atoms with Gasteiger partial charge < -0.3 is 9.88 Å². The number of alkyl halides is 3. The van der Waals surface area contributed by atoms with Crippen molar-refractivity contribution < 1.29 is 13.2 Å². The highest BCUT2D eigenvalue weighted by atomic mass is 35.5. The molecule has 1 aromatic carbocycles. The van der Waals surface area contributed by atoms with Gasteiger partial charge in [0.05, 0.1) is 10.7 Å². The Labute approximate surface area is 229 Å². The summed E-state index contributed by atoms with van der Waals surface area (Å²) in [6, 6.07) is 5.89.